The number of nitrogens with zero attached hydrogens (tertiary/aromatic N) is 2. The van der Waals surface area contributed by atoms with E-state index in [1.54, 1.807) is 6.21 Å². The molecular weight excluding hydrogens is 386 g/mol. The van der Waals surface area contributed by atoms with Gasteiger partial charge in [-0.3, -0.25) is 5.43 Å². The number of anilines is 1. The van der Waals surface area contributed by atoms with Crippen molar-refractivity contribution in [1.82, 2.24) is 4.98 Å². The van der Waals surface area contributed by atoms with Gasteiger partial charge in [-0.1, -0.05) is 76.6 Å². The van der Waals surface area contributed by atoms with Crippen molar-refractivity contribution in [3.8, 4) is 11.1 Å². The topological polar surface area (TPSA) is 37.3 Å². The van der Waals surface area contributed by atoms with Gasteiger partial charge in [0.25, 0.3) is 0 Å². The molecule has 0 bridgehead atoms. The molecule has 0 amide bonds. The first kappa shape index (κ1) is 16.5. The Balaban J connectivity index is 1.74. The van der Waals surface area contributed by atoms with Crippen LogP contribution in [0.2, 0.25) is 0 Å². The Labute approximate surface area is 160 Å². The molecule has 126 valence electrons. The number of hydrazone groups is 1. The molecule has 0 aliphatic rings. The summed E-state index contributed by atoms with van der Waals surface area (Å²) in [7, 11) is 0. The summed E-state index contributed by atoms with van der Waals surface area (Å²) in [6.07, 6.45) is 1.79. The summed E-state index contributed by atoms with van der Waals surface area (Å²) in [6, 6.07) is 28.4. The van der Waals surface area contributed by atoms with Crippen LogP contribution in [0, 0.1) is 0 Å². The lowest BCUT2D eigenvalue weighted by Gasteiger charge is -2.10. The fourth-order valence-electron chi connectivity index (χ4n) is 2.82. The maximum absolute atomic E-state index is 4.69. The highest BCUT2D eigenvalue weighted by molar-refractivity contribution is 9.10. The van der Waals surface area contributed by atoms with Crippen molar-refractivity contribution in [2.45, 2.75) is 0 Å². The molecule has 3 nitrogen and oxygen atoms in total. The molecule has 0 atom stereocenters. The number of benzene rings is 3. The lowest BCUT2D eigenvalue weighted by atomic mass is 10.0. The summed E-state index contributed by atoms with van der Waals surface area (Å²) in [5, 5.41) is 5.42. The molecule has 4 aromatic rings. The van der Waals surface area contributed by atoms with E-state index >= 15 is 0 Å². The van der Waals surface area contributed by atoms with E-state index in [4.69, 9.17) is 0 Å². The van der Waals surface area contributed by atoms with Crippen LogP contribution in [0.3, 0.4) is 0 Å². The van der Waals surface area contributed by atoms with Crippen molar-refractivity contribution in [2.75, 3.05) is 5.43 Å². The highest BCUT2D eigenvalue weighted by atomic mass is 79.9. The van der Waals surface area contributed by atoms with E-state index in [1.165, 1.54) is 0 Å². The van der Waals surface area contributed by atoms with Gasteiger partial charge in [0.1, 0.15) is 5.82 Å². The van der Waals surface area contributed by atoms with Crippen LogP contribution in [0.15, 0.2) is 94.5 Å². The minimum Gasteiger partial charge on any atom is -0.261 e. The predicted molar refractivity (Wildman–Crippen MR) is 113 cm³/mol. The molecule has 0 saturated carbocycles. The molecule has 1 N–H and O–H groups in total. The van der Waals surface area contributed by atoms with E-state index < -0.39 is 0 Å². The first-order valence-corrected chi connectivity index (χ1v) is 9.09. The molecule has 0 radical (unpaired) electrons. The summed E-state index contributed by atoms with van der Waals surface area (Å²) in [5.74, 6) is 0.714. The Bertz CT molecular complexity index is 1060. The molecule has 4 heteroatoms. The summed E-state index contributed by atoms with van der Waals surface area (Å²) in [4.78, 5) is 4.69. The zero-order valence-electron chi connectivity index (χ0n) is 13.9. The van der Waals surface area contributed by atoms with Crippen LogP contribution >= 0.6 is 15.9 Å². The third-order valence-electron chi connectivity index (χ3n) is 4.05. The smallest absolute Gasteiger partial charge is 0.147 e. The molecule has 3 aromatic carbocycles. The number of rotatable bonds is 4. The van der Waals surface area contributed by atoms with Gasteiger partial charge in [-0.05, 0) is 41.0 Å². The molecule has 0 aliphatic carbocycles. The summed E-state index contributed by atoms with van der Waals surface area (Å²) < 4.78 is 1.03. The minimum absolute atomic E-state index is 0.714. The van der Waals surface area contributed by atoms with Crippen LogP contribution < -0.4 is 5.43 Å². The van der Waals surface area contributed by atoms with E-state index in [9.17, 15) is 0 Å². The van der Waals surface area contributed by atoms with Gasteiger partial charge < -0.3 is 0 Å². The molecule has 4 rings (SSSR count). The van der Waals surface area contributed by atoms with E-state index in [-0.39, 0.29) is 0 Å². The summed E-state index contributed by atoms with van der Waals surface area (Å²) in [5.41, 5.74) is 7.28. The first-order valence-electron chi connectivity index (χ1n) is 8.29. The SMILES string of the molecule is Brc1ccc2nc(N/N=C\c3ccccc3)cc(-c3ccccc3)c2c1. The van der Waals surface area contributed by atoms with Crippen LogP contribution in [-0.4, -0.2) is 11.2 Å². The van der Waals surface area contributed by atoms with Crippen molar-refractivity contribution in [3.05, 3.63) is 95.0 Å². The van der Waals surface area contributed by atoms with E-state index in [2.05, 4.69) is 49.6 Å². The standard InChI is InChI=1S/C22H16BrN3/c23-18-11-12-21-20(13-18)19(17-9-5-2-6-10-17)14-22(25-21)26-24-15-16-7-3-1-4-8-16/h1-15H,(H,25,26)/b24-15-. The molecule has 0 spiro atoms. The van der Waals surface area contributed by atoms with Gasteiger partial charge in [-0.25, -0.2) is 4.98 Å². The summed E-state index contributed by atoms with van der Waals surface area (Å²) in [6.45, 7) is 0. The number of hydrogen-bond donors (Lipinski definition) is 1. The van der Waals surface area contributed by atoms with Crippen LogP contribution in [0.4, 0.5) is 5.82 Å². The van der Waals surface area contributed by atoms with Crippen LogP contribution in [-0.2, 0) is 0 Å². The van der Waals surface area contributed by atoms with Crippen LogP contribution in [0.1, 0.15) is 5.56 Å². The Hall–Kier alpha value is -2.98. The van der Waals surface area contributed by atoms with Gasteiger partial charge >= 0.3 is 0 Å². The van der Waals surface area contributed by atoms with Gasteiger partial charge in [0.05, 0.1) is 11.7 Å². The third kappa shape index (κ3) is 3.65. The number of fused-ring (bicyclic) bond motifs is 1. The second kappa shape index (κ2) is 7.50. The molecular formula is C22H16BrN3. The fraction of sp³-hybridized carbons (Fsp3) is 0. The van der Waals surface area contributed by atoms with Crippen molar-refractivity contribution in [3.63, 3.8) is 0 Å². The van der Waals surface area contributed by atoms with Crippen LogP contribution in [0.25, 0.3) is 22.0 Å². The molecule has 0 aliphatic heterocycles. The van der Waals surface area contributed by atoms with Crippen molar-refractivity contribution in [2.24, 2.45) is 5.10 Å². The third-order valence-corrected chi connectivity index (χ3v) is 4.54. The Morgan fingerprint density at radius 3 is 2.35 bits per heavy atom. The van der Waals surface area contributed by atoms with Gasteiger partial charge in [-0.2, -0.15) is 5.10 Å². The van der Waals surface area contributed by atoms with Crippen molar-refractivity contribution >= 4 is 38.9 Å². The van der Waals surface area contributed by atoms with E-state index in [1.807, 2.05) is 66.7 Å². The number of halogens is 1. The van der Waals surface area contributed by atoms with Crippen molar-refractivity contribution < 1.29 is 0 Å². The van der Waals surface area contributed by atoms with Gasteiger partial charge in [-0.15, -0.1) is 0 Å². The highest BCUT2D eigenvalue weighted by Crippen LogP contribution is 2.31. The average molecular weight is 402 g/mol. The molecule has 0 saturated heterocycles. The quantitative estimate of drug-likeness (QED) is 0.330. The van der Waals surface area contributed by atoms with E-state index in [0.717, 1.165) is 32.1 Å². The Morgan fingerprint density at radius 2 is 1.58 bits per heavy atom. The van der Waals surface area contributed by atoms with Crippen molar-refractivity contribution in [1.29, 1.82) is 0 Å². The fourth-order valence-corrected chi connectivity index (χ4v) is 3.18. The maximum Gasteiger partial charge on any atom is 0.147 e. The molecule has 0 unspecified atom stereocenters. The molecule has 26 heavy (non-hydrogen) atoms. The molecule has 1 aromatic heterocycles. The lowest BCUT2D eigenvalue weighted by Crippen LogP contribution is -1.96. The number of nitrogens with one attached hydrogen (secondary N) is 1. The van der Waals surface area contributed by atoms with Crippen LogP contribution in [0.5, 0.6) is 0 Å². The normalized spacial score (nSPS) is 11.1. The Morgan fingerprint density at radius 1 is 0.846 bits per heavy atom. The lowest BCUT2D eigenvalue weighted by molar-refractivity contribution is 1.26. The van der Waals surface area contributed by atoms with Gasteiger partial charge in [0, 0.05) is 9.86 Å². The molecule has 0 fully saturated rings. The highest BCUT2D eigenvalue weighted by Gasteiger charge is 2.08. The largest absolute Gasteiger partial charge is 0.261 e. The Kier molecular flexibility index (Phi) is 4.75. The number of pyridine rings is 1. The minimum atomic E-state index is 0.714. The summed E-state index contributed by atoms with van der Waals surface area (Å²) >= 11 is 3.56. The molecule has 1 heterocycles. The monoisotopic (exact) mass is 401 g/mol. The zero-order chi connectivity index (χ0) is 17.8. The number of aromatic nitrogens is 1. The number of hydrogen-bond acceptors (Lipinski definition) is 3. The zero-order valence-corrected chi connectivity index (χ0v) is 15.5. The van der Waals surface area contributed by atoms with E-state index in [0.29, 0.717) is 5.82 Å². The second-order valence-electron chi connectivity index (χ2n) is 5.86. The predicted octanol–water partition coefficient (Wildman–Crippen LogP) is 6.11. The second-order valence-corrected chi connectivity index (χ2v) is 6.78. The van der Waals surface area contributed by atoms with Gasteiger partial charge in [0.2, 0.25) is 0 Å². The van der Waals surface area contributed by atoms with Gasteiger partial charge in [0.15, 0.2) is 0 Å². The maximum atomic E-state index is 4.69. The average Bonchev–Trinajstić information content (AvgIpc) is 2.69. The first-order chi connectivity index (χ1) is 12.8.